The number of halogens is 2. The number of carbonyl (C=O) groups excluding carboxylic acids is 1. The number of hydrogen-bond donors (Lipinski definition) is 0. The highest BCUT2D eigenvalue weighted by Gasteiger charge is 2.12. The van der Waals surface area contributed by atoms with E-state index >= 15 is 0 Å². The van der Waals surface area contributed by atoms with Crippen molar-refractivity contribution < 1.29 is 18.7 Å². The van der Waals surface area contributed by atoms with E-state index < -0.39 is 5.82 Å². The molecule has 0 aliphatic rings. The van der Waals surface area contributed by atoms with Crippen molar-refractivity contribution in [3.8, 4) is 17.2 Å². The van der Waals surface area contributed by atoms with Crippen molar-refractivity contribution in [2.75, 3.05) is 7.11 Å². The summed E-state index contributed by atoms with van der Waals surface area (Å²) in [5.41, 5.74) is 0.305. The Hall–Kier alpha value is -2.07. The molecule has 0 radical (unpaired) electrons. The summed E-state index contributed by atoms with van der Waals surface area (Å²) < 4.78 is 23.6. The lowest BCUT2D eigenvalue weighted by Crippen LogP contribution is -1.95. The number of methoxy groups -OCH3 is 1. The summed E-state index contributed by atoms with van der Waals surface area (Å²) in [6.45, 7) is 0. The van der Waals surface area contributed by atoms with Gasteiger partial charge in [0.2, 0.25) is 0 Å². The molecule has 0 fully saturated rings. The van der Waals surface area contributed by atoms with Crippen LogP contribution in [0.4, 0.5) is 4.39 Å². The van der Waals surface area contributed by atoms with Crippen molar-refractivity contribution in [2.45, 2.75) is 0 Å². The lowest BCUT2D eigenvalue weighted by Gasteiger charge is -2.12. The molecule has 0 amide bonds. The fourth-order valence-corrected chi connectivity index (χ4v) is 1.78. The third-order valence-electron chi connectivity index (χ3n) is 2.46. The number of aldehydes is 1. The summed E-state index contributed by atoms with van der Waals surface area (Å²) in [7, 11) is 1.40. The van der Waals surface area contributed by atoms with Crippen LogP contribution in [0.3, 0.4) is 0 Å². The van der Waals surface area contributed by atoms with Crippen LogP contribution in [0.25, 0.3) is 0 Å². The van der Waals surface area contributed by atoms with Crippen LogP contribution in [0.5, 0.6) is 17.2 Å². The highest BCUT2D eigenvalue weighted by molar-refractivity contribution is 6.32. The summed E-state index contributed by atoms with van der Waals surface area (Å²) in [4.78, 5) is 10.9. The van der Waals surface area contributed by atoms with Crippen LogP contribution >= 0.6 is 11.6 Å². The van der Waals surface area contributed by atoms with Gasteiger partial charge in [0.1, 0.15) is 5.82 Å². The fraction of sp³-hybridized carbons (Fsp3) is 0.0714. The molecule has 2 aromatic rings. The number of rotatable bonds is 4. The Kier molecular flexibility index (Phi) is 4.02. The molecule has 0 spiro atoms. The molecule has 0 aromatic heterocycles. The number of hydrogen-bond acceptors (Lipinski definition) is 3. The fourth-order valence-electron chi connectivity index (χ4n) is 1.56. The van der Waals surface area contributed by atoms with Crippen LogP contribution in [0.2, 0.25) is 5.02 Å². The third-order valence-corrected chi connectivity index (χ3v) is 2.76. The van der Waals surface area contributed by atoms with Crippen LogP contribution in [-0.2, 0) is 0 Å². The quantitative estimate of drug-likeness (QED) is 0.791. The minimum absolute atomic E-state index is 0.212. The van der Waals surface area contributed by atoms with E-state index in [4.69, 9.17) is 21.1 Å². The van der Waals surface area contributed by atoms with Crippen molar-refractivity contribution in [3.63, 3.8) is 0 Å². The Bertz CT molecular complexity index is 614. The first kappa shape index (κ1) is 13.4. The summed E-state index contributed by atoms with van der Waals surface area (Å²) in [6.07, 6.45) is 0.636. The second-order valence-electron chi connectivity index (χ2n) is 3.67. The first-order chi connectivity index (χ1) is 9.15. The second kappa shape index (κ2) is 5.71. The molecule has 0 aliphatic carbocycles. The summed E-state index contributed by atoms with van der Waals surface area (Å²) >= 11 is 5.99. The van der Waals surface area contributed by atoms with Gasteiger partial charge in [-0.1, -0.05) is 17.7 Å². The highest BCUT2D eigenvalue weighted by Crippen LogP contribution is 2.36. The van der Waals surface area contributed by atoms with Crippen LogP contribution in [0, 0.1) is 5.82 Å². The smallest absolute Gasteiger partial charge is 0.169 e. The molecule has 0 heterocycles. The number of benzene rings is 2. The third kappa shape index (κ3) is 2.85. The SMILES string of the molecule is COc1cc(F)ccc1Oc1c(Cl)cccc1C=O. The van der Waals surface area contributed by atoms with Crippen LogP contribution in [0.15, 0.2) is 36.4 Å². The normalized spacial score (nSPS) is 10.1. The second-order valence-corrected chi connectivity index (χ2v) is 4.08. The van der Waals surface area contributed by atoms with Crippen LogP contribution in [0.1, 0.15) is 10.4 Å². The molecule has 0 N–H and O–H groups in total. The van der Waals surface area contributed by atoms with Gasteiger partial charge in [-0.25, -0.2) is 4.39 Å². The van der Waals surface area contributed by atoms with Gasteiger partial charge in [0.15, 0.2) is 23.5 Å². The predicted molar refractivity (Wildman–Crippen MR) is 69.9 cm³/mol. The molecule has 0 atom stereocenters. The monoisotopic (exact) mass is 280 g/mol. The largest absolute Gasteiger partial charge is 0.493 e. The van der Waals surface area contributed by atoms with Gasteiger partial charge in [-0.05, 0) is 24.3 Å². The Morgan fingerprint density at radius 3 is 2.68 bits per heavy atom. The Morgan fingerprint density at radius 2 is 2.00 bits per heavy atom. The molecule has 2 aromatic carbocycles. The van der Waals surface area contributed by atoms with Crippen LogP contribution in [-0.4, -0.2) is 13.4 Å². The average molecular weight is 281 g/mol. The molecule has 5 heteroatoms. The topological polar surface area (TPSA) is 35.5 Å². The van der Waals surface area contributed by atoms with Gasteiger partial charge >= 0.3 is 0 Å². The van der Waals surface area contributed by atoms with Gasteiger partial charge in [-0.15, -0.1) is 0 Å². The van der Waals surface area contributed by atoms with E-state index in [0.717, 1.165) is 0 Å². The standard InChI is InChI=1S/C14H10ClFO3/c1-18-13-7-10(16)5-6-12(13)19-14-9(8-17)3-2-4-11(14)15/h2-8H,1H3. The lowest BCUT2D eigenvalue weighted by molar-refractivity contribution is 0.112. The zero-order valence-corrected chi connectivity index (χ0v) is 10.8. The maximum absolute atomic E-state index is 13.1. The van der Waals surface area contributed by atoms with E-state index in [1.807, 2.05) is 0 Å². The van der Waals surface area contributed by atoms with Gasteiger partial charge in [0.25, 0.3) is 0 Å². The minimum atomic E-state index is -0.445. The van der Waals surface area contributed by atoms with Crippen LogP contribution < -0.4 is 9.47 Å². The Labute approximate surface area is 114 Å². The first-order valence-corrected chi connectivity index (χ1v) is 5.78. The summed E-state index contributed by atoms with van der Waals surface area (Å²) in [5, 5.41) is 0.288. The van der Waals surface area contributed by atoms with Gasteiger partial charge in [-0.2, -0.15) is 0 Å². The predicted octanol–water partition coefficient (Wildman–Crippen LogP) is 4.09. The first-order valence-electron chi connectivity index (χ1n) is 5.41. The number of para-hydroxylation sites is 1. The van der Waals surface area contributed by atoms with E-state index in [2.05, 4.69) is 0 Å². The summed E-state index contributed by atoms with van der Waals surface area (Å²) in [6, 6.07) is 8.64. The maximum Gasteiger partial charge on any atom is 0.169 e. The molecule has 0 unspecified atom stereocenters. The molecular weight excluding hydrogens is 271 g/mol. The van der Waals surface area contributed by atoms with E-state index in [0.29, 0.717) is 11.8 Å². The molecule has 2 rings (SSSR count). The number of carbonyl (C=O) groups is 1. The van der Waals surface area contributed by atoms with E-state index in [-0.39, 0.29) is 22.3 Å². The van der Waals surface area contributed by atoms with Crippen molar-refractivity contribution in [2.24, 2.45) is 0 Å². The molecule has 3 nitrogen and oxygen atoms in total. The van der Waals surface area contributed by atoms with Crippen molar-refractivity contribution >= 4 is 17.9 Å². The van der Waals surface area contributed by atoms with Gasteiger partial charge in [0, 0.05) is 6.07 Å². The summed E-state index contributed by atoms with van der Waals surface area (Å²) in [5.74, 6) is 0.264. The average Bonchev–Trinajstić information content (AvgIpc) is 2.42. The zero-order valence-electron chi connectivity index (χ0n) is 10.0. The molecular formula is C14H10ClFO3. The van der Waals surface area contributed by atoms with Crippen molar-refractivity contribution in [1.82, 2.24) is 0 Å². The maximum atomic E-state index is 13.1. The van der Waals surface area contributed by atoms with E-state index in [1.54, 1.807) is 18.2 Å². The Balaban J connectivity index is 2.44. The van der Waals surface area contributed by atoms with E-state index in [9.17, 15) is 9.18 Å². The number of ether oxygens (including phenoxy) is 2. The van der Waals surface area contributed by atoms with Gasteiger partial charge < -0.3 is 9.47 Å². The van der Waals surface area contributed by atoms with Crippen molar-refractivity contribution in [1.29, 1.82) is 0 Å². The van der Waals surface area contributed by atoms with Gasteiger partial charge in [-0.3, -0.25) is 4.79 Å². The van der Waals surface area contributed by atoms with Gasteiger partial charge in [0.05, 0.1) is 17.7 Å². The Morgan fingerprint density at radius 1 is 1.21 bits per heavy atom. The van der Waals surface area contributed by atoms with Crippen molar-refractivity contribution in [3.05, 3.63) is 52.8 Å². The molecule has 19 heavy (non-hydrogen) atoms. The highest BCUT2D eigenvalue weighted by atomic mass is 35.5. The molecule has 0 bridgehead atoms. The lowest BCUT2D eigenvalue weighted by atomic mass is 10.2. The molecule has 98 valence electrons. The van der Waals surface area contributed by atoms with E-state index in [1.165, 1.54) is 25.3 Å². The minimum Gasteiger partial charge on any atom is -0.493 e. The molecule has 0 aliphatic heterocycles. The molecule has 0 saturated heterocycles. The zero-order chi connectivity index (χ0) is 13.8. The molecule has 0 saturated carbocycles.